The van der Waals surface area contributed by atoms with Gasteiger partial charge in [0, 0.05) is 36.9 Å². The highest BCUT2D eigenvalue weighted by Crippen LogP contribution is 2.47. The van der Waals surface area contributed by atoms with Crippen LogP contribution in [-0.2, 0) is 0 Å². The smallest absolute Gasteiger partial charge is 0.147 e. The van der Waals surface area contributed by atoms with Crippen LogP contribution >= 0.6 is 0 Å². The molecular formula is C19H22N4. The van der Waals surface area contributed by atoms with E-state index in [1.165, 1.54) is 31.5 Å². The molecule has 6 rings (SSSR count). The van der Waals surface area contributed by atoms with Crippen LogP contribution in [0.2, 0.25) is 0 Å². The van der Waals surface area contributed by atoms with E-state index >= 15 is 0 Å². The molecule has 2 aromatic rings. The van der Waals surface area contributed by atoms with E-state index in [-0.39, 0.29) is 0 Å². The number of fused-ring (bicyclic) bond motifs is 2. The lowest BCUT2D eigenvalue weighted by molar-refractivity contribution is 0.0354. The Balaban J connectivity index is 1.57. The summed E-state index contributed by atoms with van der Waals surface area (Å²) in [6, 6.07) is 12.3. The van der Waals surface area contributed by atoms with E-state index in [9.17, 15) is 0 Å². The number of benzene rings is 1. The van der Waals surface area contributed by atoms with Crippen LogP contribution in [0.25, 0.3) is 0 Å². The van der Waals surface area contributed by atoms with E-state index in [4.69, 9.17) is 0 Å². The summed E-state index contributed by atoms with van der Waals surface area (Å²) in [5.41, 5.74) is 1.47. The molecule has 1 aromatic carbocycles. The Hall–Kier alpha value is -1.94. The number of anilines is 1. The van der Waals surface area contributed by atoms with Gasteiger partial charge in [0.1, 0.15) is 5.82 Å². The van der Waals surface area contributed by atoms with Crippen LogP contribution in [0.3, 0.4) is 0 Å². The molecule has 4 fully saturated rings. The van der Waals surface area contributed by atoms with Crippen LogP contribution in [0, 0.1) is 5.92 Å². The van der Waals surface area contributed by atoms with Crippen LogP contribution < -0.4 is 4.90 Å². The van der Waals surface area contributed by atoms with Gasteiger partial charge in [-0.05, 0) is 37.4 Å². The molecule has 4 aliphatic rings. The maximum atomic E-state index is 4.61. The molecule has 0 saturated carbocycles. The van der Waals surface area contributed by atoms with Gasteiger partial charge in [-0.15, -0.1) is 0 Å². The van der Waals surface area contributed by atoms with Crippen molar-refractivity contribution in [2.75, 3.05) is 24.5 Å². The highest BCUT2D eigenvalue weighted by Gasteiger charge is 2.53. The molecule has 23 heavy (non-hydrogen) atoms. The Labute approximate surface area is 137 Å². The van der Waals surface area contributed by atoms with Crippen molar-refractivity contribution in [3.63, 3.8) is 0 Å². The molecule has 0 aliphatic carbocycles. The molecule has 0 amide bonds. The van der Waals surface area contributed by atoms with Gasteiger partial charge in [-0.25, -0.2) is 4.98 Å². The van der Waals surface area contributed by atoms with Gasteiger partial charge in [0.15, 0.2) is 0 Å². The Kier molecular flexibility index (Phi) is 3.11. The van der Waals surface area contributed by atoms with Crippen molar-refractivity contribution < 1.29 is 0 Å². The standard InChI is InChI=1S/C19H22N4/c1-2-4-14(5-3-1)16-13-23(17-12-20-8-9-21-17)18-15-6-10-22(11-7-15)19(16)18/h1-5,8-9,12,15-16,18-19H,6-7,10-11,13H2/t16-,18-,19-/m1/s1. The lowest BCUT2D eigenvalue weighted by Crippen LogP contribution is -2.60. The van der Waals surface area contributed by atoms with Crippen LogP contribution in [-0.4, -0.2) is 46.6 Å². The number of rotatable bonds is 2. The Morgan fingerprint density at radius 2 is 1.78 bits per heavy atom. The summed E-state index contributed by atoms with van der Waals surface area (Å²) in [5, 5.41) is 0. The Bertz CT molecular complexity index is 607. The van der Waals surface area contributed by atoms with Crippen molar-refractivity contribution in [1.82, 2.24) is 14.9 Å². The molecule has 0 radical (unpaired) electrons. The molecule has 0 N–H and O–H groups in total. The van der Waals surface area contributed by atoms with Crippen molar-refractivity contribution >= 4 is 5.82 Å². The first-order chi connectivity index (χ1) is 11.4. The minimum atomic E-state index is 0.575. The van der Waals surface area contributed by atoms with Crippen molar-refractivity contribution in [3.05, 3.63) is 54.5 Å². The van der Waals surface area contributed by atoms with Gasteiger partial charge in [0.05, 0.1) is 6.20 Å². The molecule has 4 nitrogen and oxygen atoms in total. The minimum Gasteiger partial charge on any atom is -0.350 e. The maximum absolute atomic E-state index is 4.61. The fourth-order valence-corrected chi connectivity index (χ4v) is 5.12. The van der Waals surface area contributed by atoms with Crippen molar-refractivity contribution in [2.45, 2.75) is 30.8 Å². The molecule has 118 valence electrons. The van der Waals surface area contributed by atoms with E-state index in [0.717, 1.165) is 18.3 Å². The first-order valence-corrected chi connectivity index (χ1v) is 8.73. The van der Waals surface area contributed by atoms with Gasteiger partial charge in [-0.2, -0.15) is 0 Å². The molecule has 4 heteroatoms. The van der Waals surface area contributed by atoms with Gasteiger partial charge in [-0.1, -0.05) is 30.3 Å². The normalized spacial score (nSPS) is 35.3. The lowest BCUT2D eigenvalue weighted by Gasteiger charge is -2.51. The molecule has 0 spiro atoms. The monoisotopic (exact) mass is 306 g/mol. The fraction of sp³-hybridized carbons (Fsp3) is 0.474. The van der Waals surface area contributed by atoms with Gasteiger partial charge in [0.25, 0.3) is 0 Å². The van der Waals surface area contributed by atoms with Gasteiger partial charge < -0.3 is 4.90 Å². The predicted molar refractivity (Wildman–Crippen MR) is 90.4 cm³/mol. The summed E-state index contributed by atoms with van der Waals surface area (Å²) < 4.78 is 0. The first-order valence-electron chi connectivity index (χ1n) is 8.73. The van der Waals surface area contributed by atoms with Crippen LogP contribution in [0.1, 0.15) is 24.3 Å². The van der Waals surface area contributed by atoms with Crippen molar-refractivity contribution in [2.24, 2.45) is 5.92 Å². The molecule has 4 aliphatic heterocycles. The quantitative estimate of drug-likeness (QED) is 0.853. The van der Waals surface area contributed by atoms with Crippen LogP contribution in [0.15, 0.2) is 48.9 Å². The Morgan fingerprint density at radius 3 is 2.52 bits per heavy atom. The third kappa shape index (κ3) is 2.08. The lowest BCUT2D eigenvalue weighted by atomic mass is 9.75. The van der Waals surface area contributed by atoms with Crippen molar-refractivity contribution in [3.8, 4) is 0 Å². The van der Waals surface area contributed by atoms with Crippen LogP contribution in [0.5, 0.6) is 0 Å². The summed E-state index contributed by atoms with van der Waals surface area (Å²) in [4.78, 5) is 14.2. The minimum absolute atomic E-state index is 0.575. The first kappa shape index (κ1) is 13.5. The zero-order valence-corrected chi connectivity index (χ0v) is 13.3. The van der Waals surface area contributed by atoms with E-state index in [0.29, 0.717) is 18.0 Å². The molecular weight excluding hydrogens is 284 g/mol. The summed E-state index contributed by atoms with van der Waals surface area (Å²) in [6.45, 7) is 3.60. The third-order valence-corrected chi connectivity index (χ3v) is 6.07. The summed E-state index contributed by atoms with van der Waals surface area (Å²) in [5.74, 6) is 2.43. The third-order valence-electron chi connectivity index (χ3n) is 6.07. The summed E-state index contributed by atoms with van der Waals surface area (Å²) in [6.07, 6.45) is 8.19. The molecule has 5 heterocycles. The predicted octanol–water partition coefficient (Wildman–Crippen LogP) is 2.54. The topological polar surface area (TPSA) is 32.3 Å². The van der Waals surface area contributed by atoms with E-state index in [1.807, 2.05) is 12.4 Å². The average Bonchev–Trinajstić information content (AvgIpc) is 3.07. The van der Waals surface area contributed by atoms with Crippen molar-refractivity contribution in [1.29, 1.82) is 0 Å². The fourth-order valence-electron chi connectivity index (χ4n) is 5.12. The van der Waals surface area contributed by atoms with E-state index in [1.54, 1.807) is 6.20 Å². The zero-order chi connectivity index (χ0) is 15.2. The molecule has 0 unspecified atom stereocenters. The number of hydrogen-bond donors (Lipinski definition) is 0. The largest absolute Gasteiger partial charge is 0.350 e. The van der Waals surface area contributed by atoms with Gasteiger partial charge in [-0.3, -0.25) is 9.88 Å². The maximum Gasteiger partial charge on any atom is 0.147 e. The highest BCUT2D eigenvalue weighted by atomic mass is 15.3. The summed E-state index contributed by atoms with van der Waals surface area (Å²) in [7, 11) is 0. The van der Waals surface area contributed by atoms with E-state index in [2.05, 4.69) is 50.1 Å². The highest BCUT2D eigenvalue weighted by molar-refractivity contribution is 5.45. The van der Waals surface area contributed by atoms with Gasteiger partial charge in [0.2, 0.25) is 0 Å². The number of piperidine rings is 3. The molecule has 4 saturated heterocycles. The Morgan fingerprint density at radius 1 is 0.957 bits per heavy atom. The second-order valence-electron chi connectivity index (χ2n) is 7.09. The second kappa shape index (κ2) is 5.31. The number of hydrogen-bond acceptors (Lipinski definition) is 4. The van der Waals surface area contributed by atoms with Gasteiger partial charge >= 0.3 is 0 Å². The molecule has 3 atom stereocenters. The number of aromatic nitrogens is 2. The van der Waals surface area contributed by atoms with E-state index < -0.39 is 0 Å². The SMILES string of the molecule is c1ccc([C@H]2CN(c3cnccn3)[C@@H]3C4CCN(CC4)[C@H]23)cc1. The zero-order valence-electron chi connectivity index (χ0n) is 13.3. The molecule has 2 bridgehead atoms. The van der Waals surface area contributed by atoms with Crippen LogP contribution in [0.4, 0.5) is 5.82 Å². The second-order valence-corrected chi connectivity index (χ2v) is 7.09. The molecule has 1 aromatic heterocycles. The number of nitrogens with zero attached hydrogens (tertiary/aromatic N) is 4. The summed E-state index contributed by atoms with van der Waals surface area (Å²) >= 11 is 0. The average molecular weight is 306 g/mol.